The first-order chi connectivity index (χ1) is 8.66. The van der Waals surface area contributed by atoms with E-state index in [2.05, 4.69) is 6.58 Å². The third-order valence-corrected chi connectivity index (χ3v) is 4.43. The molecule has 104 valence electrons. The molecule has 6 nitrogen and oxygen atoms in total. The SMILES string of the molecule is C=C(C)CN(C)S(=O)(=O)c1ccc(Cl)c([N+](=O)[O-])c1. The number of sulfonamides is 1. The Morgan fingerprint density at radius 1 is 1.53 bits per heavy atom. The van der Waals surface area contributed by atoms with E-state index in [0.717, 1.165) is 10.4 Å². The Kier molecular flexibility index (Phi) is 4.67. The van der Waals surface area contributed by atoms with Gasteiger partial charge in [-0.2, -0.15) is 4.31 Å². The third-order valence-electron chi connectivity index (χ3n) is 2.32. The van der Waals surface area contributed by atoms with Gasteiger partial charge in [-0.3, -0.25) is 10.1 Å². The molecule has 0 amide bonds. The van der Waals surface area contributed by atoms with Crippen LogP contribution in [-0.2, 0) is 10.0 Å². The van der Waals surface area contributed by atoms with Crippen molar-refractivity contribution in [1.29, 1.82) is 0 Å². The lowest BCUT2D eigenvalue weighted by atomic mass is 10.3. The average Bonchev–Trinajstić information content (AvgIpc) is 2.27. The lowest BCUT2D eigenvalue weighted by Crippen LogP contribution is -2.28. The predicted octanol–water partition coefficient (Wildman–Crippen LogP) is 2.44. The number of hydrogen-bond donors (Lipinski definition) is 0. The molecule has 0 atom stereocenters. The summed E-state index contributed by atoms with van der Waals surface area (Å²) in [5.41, 5.74) is 0.223. The Morgan fingerprint density at radius 2 is 2.11 bits per heavy atom. The number of benzene rings is 1. The topological polar surface area (TPSA) is 80.5 Å². The van der Waals surface area contributed by atoms with Crippen molar-refractivity contribution in [1.82, 2.24) is 4.31 Å². The Hall–Kier alpha value is -1.44. The highest BCUT2D eigenvalue weighted by molar-refractivity contribution is 7.89. The van der Waals surface area contributed by atoms with Crippen LogP contribution >= 0.6 is 11.6 Å². The molecule has 0 unspecified atom stereocenters. The van der Waals surface area contributed by atoms with Gasteiger partial charge in [0.25, 0.3) is 5.69 Å². The van der Waals surface area contributed by atoms with Crippen LogP contribution in [-0.4, -0.2) is 31.2 Å². The van der Waals surface area contributed by atoms with Gasteiger partial charge in [-0.05, 0) is 19.1 Å². The molecule has 0 aliphatic rings. The van der Waals surface area contributed by atoms with Crippen LogP contribution in [0.4, 0.5) is 5.69 Å². The molecule has 8 heteroatoms. The maximum absolute atomic E-state index is 12.2. The van der Waals surface area contributed by atoms with E-state index in [4.69, 9.17) is 11.6 Å². The molecular formula is C11H13ClN2O4S. The Bertz CT molecular complexity index is 628. The molecule has 0 aliphatic heterocycles. The van der Waals surface area contributed by atoms with Gasteiger partial charge in [0.15, 0.2) is 0 Å². The molecule has 0 aromatic heterocycles. The van der Waals surface area contributed by atoms with Crippen molar-refractivity contribution in [3.63, 3.8) is 0 Å². The van der Waals surface area contributed by atoms with Crippen LogP contribution in [0.1, 0.15) is 6.92 Å². The maximum Gasteiger partial charge on any atom is 0.289 e. The first kappa shape index (κ1) is 15.6. The van der Waals surface area contributed by atoms with E-state index in [1.807, 2.05) is 0 Å². The number of nitro groups is 1. The lowest BCUT2D eigenvalue weighted by molar-refractivity contribution is -0.384. The van der Waals surface area contributed by atoms with Crippen LogP contribution in [0.2, 0.25) is 5.02 Å². The van der Waals surface area contributed by atoms with Gasteiger partial charge in [-0.15, -0.1) is 0 Å². The second-order valence-corrected chi connectivity index (χ2v) is 6.54. The van der Waals surface area contributed by atoms with E-state index in [1.165, 1.54) is 19.2 Å². The van der Waals surface area contributed by atoms with Crippen LogP contribution in [0, 0.1) is 10.1 Å². The minimum Gasteiger partial charge on any atom is -0.258 e. The summed E-state index contributed by atoms with van der Waals surface area (Å²) in [4.78, 5) is 9.85. The molecule has 1 aromatic rings. The Labute approximate surface area is 116 Å². The van der Waals surface area contributed by atoms with Gasteiger partial charge in [0.05, 0.1) is 9.82 Å². The van der Waals surface area contributed by atoms with Crippen molar-refractivity contribution in [2.75, 3.05) is 13.6 Å². The summed E-state index contributed by atoms with van der Waals surface area (Å²) in [5, 5.41) is 10.6. The van der Waals surface area contributed by atoms with Gasteiger partial charge in [0.1, 0.15) is 5.02 Å². The first-order valence-corrected chi connectivity index (χ1v) is 7.02. The highest BCUT2D eigenvalue weighted by atomic mass is 35.5. The maximum atomic E-state index is 12.2. The largest absolute Gasteiger partial charge is 0.289 e. The summed E-state index contributed by atoms with van der Waals surface area (Å²) in [6.07, 6.45) is 0. The second kappa shape index (κ2) is 5.68. The van der Waals surface area contributed by atoms with E-state index >= 15 is 0 Å². The van der Waals surface area contributed by atoms with Crippen LogP contribution in [0.3, 0.4) is 0 Å². The quantitative estimate of drug-likeness (QED) is 0.475. The molecule has 0 saturated carbocycles. The molecule has 19 heavy (non-hydrogen) atoms. The summed E-state index contributed by atoms with van der Waals surface area (Å²) < 4.78 is 25.4. The highest BCUT2D eigenvalue weighted by Gasteiger charge is 2.24. The fourth-order valence-electron chi connectivity index (χ4n) is 1.44. The number of likely N-dealkylation sites (N-methyl/N-ethyl adjacent to an activating group) is 1. The monoisotopic (exact) mass is 304 g/mol. The third kappa shape index (κ3) is 3.52. The van der Waals surface area contributed by atoms with Crippen molar-refractivity contribution in [3.05, 3.63) is 45.5 Å². The number of nitrogens with zero attached hydrogens (tertiary/aromatic N) is 2. The van der Waals surface area contributed by atoms with Crippen molar-refractivity contribution in [3.8, 4) is 0 Å². The van der Waals surface area contributed by atoms with Crippen LogP contribution < -0.4 is 0 Å². The van der Waals surface area contributed by atoms with Crippen LogP contribution in [0.15, 0.2) is 35.2 Å². The minimum atomic E-state index is -3.80. The fourth-order valence-corrected chi connectivity index (χ4v) is 2.88. The van der Waals surface area contributed by atoms with Gasteiger partial charge in [-0.25, -0.2) is 8.42 Å². The second-order valence-electron chi connectivity index (χ2n) is 4.09. The first-order valence-electron chi connectivity index (χ1n) is 5.21. The molecule has 0 bridgehead atoms. The zero-order valence-corrected chi connectivity index (χ0v) is 12.0. The summed E-state index contributed by atoms with van der Waals surface area (Å²) in [5.74, 6) is 0. The number of hydrogen-bond acceptors (Lipinski definition) is 4. The van der Waals surface area contributed by atoms with Crippen molar-refractivity contribution in [2.45, 2.75) is 11.8 Å². The minimum absolute atomic E-state index is 0.105. The van der Waals surface area contributed by atoms with Gasteiger partial charge in [0, 0.05) is 19.7 Å². The van der Waals surface area contributed by atoms with Gasteiger partial charge in [0.2, 0.25) is 10.0 Å². The van der Waals surface area contributed by atoms with Gasteiger partial charge >= 0.3 is 0 Å². The lowest BCUT2D eigenvalue weighted by Gasteiger charge is -2.17. The van der Waals surface area contributed by atoms with E-state index < -0.39 is 20.6 Å². The molecule has 0 spiro atoms. The Balaban J connectivity index is 3.26. The van der Waals surface area contributed by atoms with Crippen molar-refractivity contribution < 1.29 is 13.3 Å². The van der Waals surface area contributed by atoms with E-state index in [0.29, 0.717) is 5.57 Å². The van der Waals surface area contributed by atoms with E-state index in [-0.39, 0.29) is 16.5 Å². The summed E-state index contributed by atoms with van der Waals surface area (Å²) >= 11 is 5.64. The summed E-state index contributed by atoms with van der Waals surface area (Å²) in [7, 11) is -2.42. The average molecular weight is 305 g/mol. The van der Waals surface area contributed by atoms with Crippen molar-refractivity contribution in [2.24, 2.45) is 0 Å². The Morgan fingerprint density at radius 3 is 2.58 bits per heavy atom. The smallest absolute Gasteiger partial charge is 0.258 e. The predicted molar refractivity (Wildman–Crippen MR) is 72.7 cm³/mol. The molecule has 0 N–H and O–H groups in total. The fraction of sp³-hybridized carbons (Fsp3) is 0.273. The molecule has 0 heterocycles. The number of nitro benzene ring substituents is 1. The van der Waals surface area contributed by atoms with Crippen LogP contribution in [0.25, 0.3) is 0 Å². The molecule has 1 aromatic carbocycles. The number of rotatable bonds is 5. The van der Waals surface area contributed by atoms with Gasteiger partial charge in [-0.1, -0.05) is 23.8 Å². The zero-order valence-electron chi connectivity index (χ0n) is 10.5. The highest BCUT2D eigenvalue weighted by Crippen LogP contribution is 2.28. The van der Waals surface area contributed by atoms with E-state index in [9.17, 15) is 18.5 Å². The standard InChI is InChI=1S/C11H13ClN2O4S/c1-8(2)7-13(3)19(17,18)9-4-5-10(12)11(6-9)14(15)16/h4-6H,1,7H2,2-3H3. The summed E-state index contributed by atoms with van der Waals surface area (Å²) in [6, 6.07) is 3.38. The molecule has 0 radical (unpaired) electrons. The van der Waals surface area contributed by atoms with E-state index in [1.54, 1.807) is 6.92 Å². The molecule has 0 aliphatic carbocycles. The molecule has 0 saturated heterocycles. The zero-order chi connectivity index (χ0) is 14.8. The van der Waals surface area contributed by atoms with Gasteiger partial charge < -0.3 is 0 Å². The molecule has 1 rings (SSSR count). The van der Waals surface area contributed by atoms with Crippen molar-refractivity contribution >= 4 is 27.3 Å². The summed E-state index contributed by atoms with van der Waals surface area (Å²) in [6.45, 7) is 5.46. The normalized spacial score (nSPS) is 11.6. The number of halogens is 1. The molecular weight excluding hydrogens is 292 g/mol. The van der Waals surface area contributed by atoms with Crippen LogP contribution in [0.5, 0.6) is 0 Å². The molecule has 0 fully saturated rings.